The molecular weight excluding hydrogens is 344 g/mol. The summed E-state index contributed by atoms with van der Waals surface area (Å²) in [6.45, 7) is 10.0. The second-order valence-corrected chi connectivity index (χ2v) is 8.96. The van der Waals surface area contributed by atoms with E-state index in [0.29, 0.717) is 18.9 Å². The second-order valence-electron chi connectivity index (χ2n) is 8.96. The van der Waals surface area contributed by atoms with Gasteiger partial charge in [-0.2, -0.15) is 9.97 Å². The standard InChI is InChI=1S/C19H32N6O2/c1-18(2,3)12-25-8-4-5-19(16(25)27)6-9-24(13-19)15-11-14(21-7-10-26)22-17(20)23-15/h11,26H,4-10,12-13H2,1-3H3,(H3,20,21,22,23). The molecule has 1 aromatic heterocycles. The Morgan fingerprint density at radius 2 is 2.07 bits per heavy atom. The Morgan fingerprint density at radius 1 is 1.30 bits per heavy atom. The number of nitrogens with zero attached hydrogens (tertiary/aromatic N) is 4. The summed E-state index contributed by atoms with van der Waals surface area (Å²) in [6, 6.07) is 1.84. The second kappa shape index (κ2) is 7.50. The third kappa shape index (κ3) is 4.43. The average molecular weight is 377 g/mol. The molecule has 27 heavy (non-hydrogen) atoms. The number of piperidine rings is 1. The molecular formula is C19H32N6O2. The molecule has 1 unspecified atom stereocenters. The van der Waals surface area contributed by atoms with Gasteiger partial charge in [-0.25, -0.2) is 0 Å². The van der Waals surface area contributed by atoms with Crippen molar-refractivity contribution in [1.82, 2.24) is 14.9 Å². The highest BCUT2D eigenvalue weighted by atomic mass is 16.3. The number of aliphatic hydroxyl groups excluding tert-OH is 1. The molecule has 0 bridgehead atoms. The lowest BCUT2D eigenvalue weighted by Gasteiger charge is -2.41. The maximum absolute atomic E-state index is 13.3. The van der Waals surface area contributed by atoms with Crippen molar-refractivity contribution in [3.63, 3.8) is 0 Å². The van der Waals surface area contributed by atoms with Gasteiger partial charge in [0.25, 0.3) is 0 Å². The van der Waals surface area contributed by atoms with Crippen LogP contribution >= 0.6 is 0 Å². The SMILES string of the molecule is CC(C)(C)CN1CCCC2(CCN(c3cc(NCCO)nc(N)n3)C2)C1=O. The molecule has 4 N–H and O–H groups in total. The van der Waals surface area contributed by atoms with Crippen LogP contribution in [0.15, 0.2) is 6.07 Å². The Labute approximate surface area is 161 Å². The largest absolute Gasteiger partial charge is 0.395 e. The van der Waals surface area contributed by atoms with Gasteiger partial charge < -0.3 is 26.0 Å². The first kappa shape index (κ1) is 19.7. The Morgan fingerprint density at radius 3 is 2.78 bits per heavy atom. The Hall–Kier alpha value is -2.09. The summed E-state index contributed by atoms with van der Waals surface area (Å²) >= 11 is 0. The molecule has 3 rings (SSSR count). The number of hydrogen-bond donors (Lipinski definition) is 3. The van der Waals surface area contributed by atoms with Gasteiger partial charge in [0.1, 0.15) is 11.6 Å². The average Bonchev–Trinajstić information content (AvgIpc) is 3.01. The summed E-state index contributed by atoms with van der Waals surface area (Å²) in [5, 5.41) is 12.0. The molecule has 2 saturated heterocycles. The molecule has 0 aromatic carbocycles. The van der Waals surface area contributed by atoms with Crippen molar-refractivity contribution in [2.75, 3.05) is 55.3 Å². The molecule has 2 aliphatic rings. The number of nitrogen functional groups attached to an aromatic ring is 1. The minimum absolute atomic E-state index is 0.0180. The van der Waals surface area contributed by atoms with E-state index in [1.165, 1.54) is 0 Å². The number of amides is 1. The van der Waals surface area contributed by atoms with Gasteiger partial charge in [-0.1, -0.05) is 20.8 Å². The van der Waals surface area contributed by atoms with Gasteiger partial charge in [0, 0.05) is 38.8 Å². The first-order valence-corrected chi connectivity index (χ1v) is 9.76. The highest BCUT2D eigenvalue weighted by molar-refractivity contribution is 5.85. The molecule has 1 spiro atoms. The monoisotopic (exact) mass is 376 g/mol. The molecule has 2 aliphatic heterocycles. The van der Waals surface area contributed by atoms with Crippen molar-refractivity contribution in [2.45, 2.75) is 40.0 Å². The van der Waals surface area contributed by atoms with Crippen molar-refractivity contribution in [2.24, 2.45) is 10.8 Å². The number of hydrogen-bond acceptors (Lipinski definition) is 7. The van der Waals surface area contributed by atoms with Gasteiger partial charge in [-0.3, -0.25) is 4.79 Å². The fourth-order valence-electron chi connectivity index (χ4n) is 4.21. The fourth-order valence-corrected chi connectivity index (χ4v) is 4.21. The lowest BCUT2D eigenvalue weighted by Crippen LogP contribution is -2.52. The van der Waals surface area contributed by atoms with E-state index in [2.05, 4.69) is 45.9 Å². The topological polar surface area (TPSA) is 108 Å². The van der Waals surface area contributed by atoms with Gasteiger partial charge in [0.2, 0.25) is 11.9 Å². The maximum atomic E-state index is 13.3. The van der Waals surface area contributed by atoms with E-state index < -0.39 is 0 Å². The number of carbonyl (C=O) groups excluding carboxylic acids is 1. The summed E-state index contributed by atoms with van der Waals surface area (Å²) < 4.78 is 0. The van der Waals surface area contributed by atoms with E-state index in [1.807, 2.05) is 6.07 Å². The van der Waals surface area contributed by atoms with Crippen LogP contribution in [0.3, 0.4) is 0 Å². The van der Waals surface area contributed by atoms with Gasteiger partial charge in [-0.05, 0) is 24.7 Å². The van der Waals surface area contributed by atoms with Crippen molar-refractivity contribution in [1.29, 1.82) is 0 Å². The van der Waals surface area contributed by atoms with Gasteiger partial charge >= 0.3 is 0 Å². The van der Waals surface area contributed by atoms with Crippen molar-refractivity contribution >= 4 is 23.5 Å². The third-order valence-corrected chi connectivity index (χ3v) is 5.32. The van der Waals surface area contributed by atoms with Crippen LogP contribution in [0.2, 0.25) is 0 Å². The van der Waals surface area contributed by atoms with Gasteiger partial charge in [-0.15, -0.1) is 0 Å². The van der Waals surface area contributed by atoms with Crippen molar-refractivity contribution in [3.8, 4) is 0 Å². The minimum Gasteiger partial charge on any atom is -0.395 e. The van der Waals surface area contributed by atoms with E-state index >= 15 is 0 Å². The summed E-state index contributed by atoms with van der Waals surface area (Å²) in [5.74, 6) is 1.81. The first-order valence-electron chi connectivity index (χ1n) is 9.76. The normalized spacial score (nSPS) is 23.3. The molecule has 8 heteroatoms. The summed E-state index contributed by atoms with van der Waals surface area (Å²) in [6.07, 6.45) is 2.82. The Balaban J connectivity index is 1.75. The van der Waals surface area contributed by atoms with Crippen LogP contribution in [0, 0.1) is 10.8 Å². The van der Waals surface area contributed by atoms with Crippen molar-refractivity contribution in [3.05, 3.63) is 6.07 Å². The van der Waals surface area contributed by atoms with E-state index in [-0.39, 0.29) is 29.3 Å². The number of carbonyl (C=O) groups is 1. The molecule has 3 heterocycles. The summed E-state index contributed by atoms with van der Waals surface area (Å²) in [7, 11) is 0. The van der Waals surface area contributed by atoms with Crippen LogP contribution in [-0.2, 0) is 4.79 Å². The zero-order valence-corrected chi connectivity index (χ0v) is 16.7. The number of anilines is 3. The van der Waals surface area contributed by atoms with Crippen LogP contribution in [0.4, 0.5) is 17.6 Å². The molecule has 2 fully saturated rings. The molecule has 0 radical (unpaired) electrons. The van der Waals surface area contributed by atoms with Crippen LogP contribution in [0.1, 0.15) is 40.0 Å². The third-order valence-electron chi connectivity index (χ3n) is 5.32. The molecule has 150 valence electrons. The molecule has 0 aliphatic carbocycles. The van der Waals surface area contributed by atoms with E-state index in [0.717, 1.165) is 44.7 Å². The highest BCUT2D eigenvalue weighted by Gasteiger charge is 2.49. The minimum atomic E-state index is -0.318. The molecule has 1 amide bonds. The zero-order valence-electron chi connectivity index (χ0n) is 16.7. The lowest BCUT2D eigenvalue weighted by molar-refractivity contribution is -0.146. The Kier molecular flexibility index (Phi) is 5.46. The summed E-state index contributed by atoms with van der Waals surface area (Å²) in [5.41, 5.74) is 5.64. The number of nitrogens with two attached hydrogens (primary N) is 1. The van der Waals surface area contributed by atoms with Crippen LogP contribution < -0.4 is 16.0 Å². The van der Waals surface area contributed by atoms with Gasteiger partial charge in [0.15, 0.2) is 0 Å². The Bertz CT molecular complexity index is 689. The van der Waals surface area contributed by atoms with Gasteiger partial charge in [0.05, 0.1) is 12.0 Å². The van der Waals surface area contributed by atoms with E-state index in [4.69, 9.17) is 10.8 Å². The van der Waals surface area contributed by atoms with Crippen LogP contribution in [0.25, 0.3) is 0 Å². The fraction of sp³-hybridized carbons (Fsp3) is 0.737. The zero-order chi connectivity index (χ0) is 19.7. The van der Waals surface area contributed by atoms with Crippen molar-refractivity contribution < 1.29 is 9.90 Å². The molecule has 0 saturated carbocycles. The maximum Gasteiger partial charge on any atom is 0.230 e. The van der Waals surface area contributed by atoms with Crippen LogP contribution in [0.5, 0.6) is 0 Å². The van der Waals surface area contributed by atoms with Crippen LogP contribution in [-0.4, -0.2) is 65.2 Å². The predicted octanol–water partition coefficient (Wildman–Crippen LogP) is 1.33. The first-order chi connectivity index (χ1) is 12.7. The predicted molar refractivity (Wildman–Crippen MR) is 107 cm³/mol. The number of rotatable bonds is 5. The molecule has 8 nitrogen and oxygen atoms in total. The summed E-state index contributed by atoms with van der Waals surface area (Å²) in [4.78, 5) is 26.0. The number of aliphatic hydroxyl groups is 1. The number of aromatic nitrogens is 2. The van der Waals surface area contributed by atoms with E-state index in [9.17, 15) is 4.79 Å². The molecule has 1 atom stereocenters. The highest BCUT2D eigenvalue weighted by Crippen LogP contribution is 2.42. The molecule has 1 aromatic rings. The number of likely N-dealkylation sites (tertiary alicyclic amines) is 1. The number of nitrogens with one attached hydrogen (secondary N) is 1. The van der Waals surface area contributed by atoms with E-state index in [1.54, 1.807) is 0 Å². The quantitative estimate of drug-likeness (QED) is 0.711. The lowest BCUT2D eigenvalue weighted by atomic mass is 9.77. The smallest absolute Gasteiger partial charge is 0.230 e.